The molecule has 1 aliphatic heterocycles. The third-order valence-electron chi connectivity index (χ3n) is 3.67. The van der Waals surface area contributed by atoms with Crippen LogP contribution in [0.4, 0.5) is 0 Å². The highest BCUT2D eigenvalue weighted by atomic mass is 32.1. The molecule has 24 heavy (non-hydrogen) atoms. The van der Waals surface area contributed by atoms with E-state index < -0.39 is 0 Å². The maximum Gasteiger partial charge on any atom is 0.231 e. The molecule has 1 N–H and O–H groups in total. The monoisotopic (exact) mass is 344 g/mol. The van der Waals surface area contributed by atoms with Gasteiger partial charge in [-0.2, -0.15) is 0 Å². The number of benzene rings is 2. The summed E-state index contributed by atoms with van der Waals surface area (Å²) in [6.45, 7) is 2.21. The first-order valence-electron chi connectivity index (χ1n) is 7.78. The van der Waals surface area contributed by atoms with Gasteiger partial charge in [0, 0.05) is 13.6 Å². The van der Waals surface area contributed by atoms with E-state index in [2.05, 4.69) is 5.32 Å². The lowest BCUT2D eigenvalue weighted by Crippen LogP contribution is -2.38. The van der Waals surface area contributed by atoms with Crippen molar-refractivity contribution in [2.24, 2.45) is 0 Å². The summed E-state index contributed by atoms with van der Waals surface area (Å²) in [5.41, 5.74) is 1.09. The van der Waals surface area contributed by atoms with Crippen molar-refractivity contribution in [3.8, 4) is 17.2 Å². The first-order valence-corrected chi connectivity index (χ1v) is 8.18. The molecule has 0 spiro atoms. The number of para-hydroxylation sites is 1. The summed E-state index contributed by atoms with van der Waals surface area (Å²) in [6, 6.07) is 15.6. The van der Waals surface area contributed by atoms with Crippen LogP contribution in [0.2, 0.25) is 0 Å². The fourth-order valence-electron chi connectivity index (χ4n) is 2.28. The summed E-state index contributed by atoms with van der Waals surface area (Å²) >= 11 is 5.41. The van der Waals surface area contributed by atoms with Gasteiger partial charge in [-0.25, -0.2) is 0 Å². The molecule has 0 amide bonds. The molecule has 0 bridgehead atoms. The van der Waals surface area contributed by atoms with Gasteiger partial charge in [0.2, 0.25) is 6.79 Å². The molecule has 0 unspecified atom stereocenters. The molecule has 5 nitrogen and oxygen atoms in total. The van der Waals surface area contributed by atoms with Crippen LogP contribution in [-0.4, -0.2) is 37.0 Å². The minimum Gasteiger partial charge on any atom is -0.492 e. The smallest absolute Gasteiger partial charge is 0.231 e. The minimum atomic E-state index is 0.286. The van der Waals surface area contributed by atoms with Crippen LogP contribution in [0.3, 0.4) is 0 Å². The topological polar surface area (TPSA) is 43.0 Å². The van der Waals surface area contributed by atoms with Gasteiger partial charge in [-0.05, 0) is 42.0 Å². The van der Waals surface area contributed by atoms with Crippen molar-refractivity contribution >= 4 is 17.3 Å². The SMILES string of the molecule is CN(CCOc1ccccc1)C(=S)NCc1ccc2c(c1)OCO2. The van der Waals surface area contributed by atoms with E-state index >= 15 is 0 Å². The number of fused-ring (bicyclic) bond motifs is 1. The molecule has 126 valence electrons. The molecular formula is C18H20N2O3S. The van der Waals surface area contributed by atoms with Gasteiger partial charge in [0.05, 0.1) is 6.54 Å². The number of thiocarbonyl (C=S) groups is 1. The molecule has 0 saturated carbocycles. The van der Waals surface area contributed by atoms with Gasteiger partial charge >= 0.3 is 0 Å². The first-order chi connectivity index (χ1) is 11.7. The van der Waals surface area contributed by atoms with Gasteiger partial charge in [0.15, 0.2) is 16.6 Å². The summed E-state index contributed by atoms with van der Waals surface area (Å²) in [6.07, 6.45) is 0. The average Bonchev–Trinajstić information content (AvgIpc) is 3.08. The summed E-state index contributed by atoms with van der Waals surface area (Å²) in [7, 11) is 1.95. The fraction of sp³-hybridized carbons (Fsp3) is 0.278. The van der Waals surface area contributed by atoms with Crippen molar-refractivity contribution in [1.29, 1.82) is 0 Å². The predicted molar refractivity (Wildman–Crippen MR) is 96.6 cm³/mol. The van der Waals surface area contributed by atoms with Crippen LogP contribution in [0.15, 0.2) is 48.5 Å². The van der Waals surface area contributed by atoms with Crippen LogP contribution < -0.4 is 19.5 Å². The van der Waals surface area contributed by atoms with Crippen LogP contribution in [0.25, 0.3) is 0 Å². The second-order valence-electron chi connectivity index (χ2n) is 5.43. The van der Waals surface area contributed by atoms with Gasteiger partial charge in [-0.15, -0.1) is 0 Å². The van der Waals surface area contributed by atoms with Crippen LogP contribution >= 0.6 is 12.2 Å². The highest BCUT2D eigenvalue weighted by molar-refractivity contribution is 7.80. The molecule has 3 rings (SSSR count). The second-order valence-corrected chi connectivity index (χ2v) is 5.82. The number of ether oxygens (including phenoxy) is 3. The van der Waals surface area contributed by atoms with Gasteiger partial charge in [0.25, 0.3) is 0 Å². The Hall–Kier alpha value is -2.47. The first kappa shape index (κ1) is 16.4. The molecule has 1 heterocycles. The van der Waals surface area contributed by atoms with Crippen molar-refractivity contribution in [3.63, 3.8) is 0 Å². The Kier molecular flexibility index (Phi) is 5.38. The highest BCUT2D eigenvalue weighted by Crippen LogP contribution is 2.32. The Balaban J connectivity index is 1.41. The number of hydrogen-bond acceptors (Lipinski definition) is 4. The maximum absolute atomic E-state index is 5.68. The van der Waals surface area contributed by atoms with Gasteiger partial charge in [-0.1, -0.05) is 24.3 Å². The van der Waals surface area contributed by atoms with E-state index in [1.54, 1.807) is 0 Å². The van der Waals surface area contributed by atoms with E-state index in [4.69, 9.17) is 26.4 Å². The van der Waals surface area contributed by atoms with Crippen molar-refractivity contribution in [3.05, 3.63) is 54.1 Å². The normalized spacial score (nSPS) is 11.9. The van der Waals surface area contributed by atoms with E-state index in [0.29, 0.717) is 24.8 Å². The Morgan fingerprint density at radius 3 is 2.79 bits per heavy atom. The summed E-state index contributed by atoms with van der Waals surface area (Å²) in [5.74, 6) is 2.44. The van der Waals surface area contributed by atoms with Crippen molar-refractivity contribution < 1.29 is 14.2 Å². The standard InChI is InChI=1S/C18H20N2O3S/c1-20(9-10-21-15-5-3-2-4-6-15)18(24)19-12-14-7-8-16-17(11-14)23-13-22-16/h2-8,11H,9-10,12-13H2,1H3,(H,19,24). The zero-order chi connectivity index (χ0) is 16.8. The molecule has 0 radical (unpaired) electrons. The molecule has 1 aliphatic rings. The molecule has 0 aromatic heterocycles. The van der Waals surface area contributed by atoms with Crippen LogP contribution in [0.1, 0.15) is 5.56 Å². The molecule has 0 aliphatic carbocycles. The van der Waals surface area contributed by atoms with Crippen molar-refractivity contribution in [2.75, 3.05) is 27.0 Å². The zero-order valence-corrected chi connectivity index (χ0v) is 14.3. The van der Waals surface area contributed by atoms with E-state index in [1.807, 2.05) is 60.5 Å². The molecule has 0 atom stereocenters. The summed E-state index contributed by atoms with van der Waals surface area (Å²) in [5, 5.41) is 3.93. The van der Waals surface area contributed by atoms with Crippen LogP contribution in [0, 0.1) is 0 Å². The fourth-order valence-corrected chi connectivity index (χ4v) is 2.45. The van der Waals surface area contributed by atoms with E-state index in [0.717, 1.165) is 22.8 Å². The van der Waals surface area contributed by atoms with Gasteiger partial charge in [-0.3, -0.25) is 0 Å². The maximum atomic E-state index is 5.68. The molecular weight excluding hydrogens is 324 g/mol. The van der Waals surface area contributed by atoms with Crippen molar-refractivity contribution in [1.82, 2.24) is 10.2 Å². The van der Waals surface area contributed by atoms with Crippen molar-refractivity contribution in [2.45, 2.75) is 6.54 Å². The Morgan fingerprint density at radius 1 is 1.17 bits per heavy atom. The Bertz CT molecular complexity index is 694. The Labute approximate surface area is 147 Å². The van der Waals surface area contributed by atoms with E-state index in [9.17, 15) is 0 Å². The number of hydrogen-bond donors (Lipinski definition) is 1. The molecule has 2 aromatic carbocycles. The largest absolute Gasteiger partial charge is 0.492 e. The Morgan fingerprint density at radius 2 is 1.96 bits per heavy atom. The average molecular weight is 344 g/mol. The molecule has 2 aromatic rings. The third kappa shape index (κ3) is 4.29. The lowest BCUT2D eigenvalue weighted by atomic mass is 10.2. The van der Waals surface area contributed by atoms with Gasteiger partial charge in [0.1, 0.15) is 12.4 Å². The van der Waals surface area contributed by atoms with Crippen LogP contribution in [0.5, 0.6) is 17.2 Å². The zero-order valence-electron chi connectivity index (χ0n) is 13.5. The van der Waals surface area contributed by atoms with E-state index in [-0.39, 0.29) is 6.79 Å². The minimum absolute atomic E-state index is 0.286. The van der Waals surface area contributed by atoms with E-state index in [1.165, 1.54) is 0 Å². The van der Waals surface area contributed by atoms with Gasteiger partial charge < -0.3 is 24.4 Å². The number of rotatable bonds is 6. The van der Waals surface area contributed by atoms with Crippen LogP contribution in [-0.2, 0) is 6.54 Å². The highest BCUT2D eigenvalue weighted by Gasteiger charge is 2.13. The summed E-state index contributed by atoms with van der Waals surface area (Å²) < 4.78 is 16.4. The predicted octanol–water partition coefficient (Wildman–Crippen LogP) is 2.80. The molecule has 6 heteroatoms. The lowest BCUT2D eigenvalue weighted by molar-refractivity contribution is 0.174. The third-order valence-corrected chi connectivity index (χ3v) is 4.12. The quantitative estimate of drug-likeness (QED) is 0.813. The number of nitrogens with zero attached hydrogens (tertiary/aromatic N) is 1. The second kappa shape index (κ2) is 7.88. The molecule has 0 fully saturated rings. The lowest BCUT2D eigenvalue weighted by Gasteiger charge is -2.21. The number of nitrogens with one attached hydrogen (secondary N) is 1. The summed E-state index contributed by atoms with van der Waals surface area (Å²) in [4.78, 5) is 1.96. The molecule has 0 saturated heterocycles. The number of likely N-dealkylation sites (N-methyl/N-ethyl adjacent to an activating group) is 1.